The Morgan fingerprint density at radius 3 is 1.97 bits per heavy atom. The molecule has 2 rings (SSSR count). The molecule has 1 saturated heterocycles. The standard InChI is InChI=1S/C25H43N5O5/c1-26-11-12-27(2)14-17-30(35)18-16-28(15-13-26)19-23(29(20-24(31)32)21-25(33)34)10-6-9-22-7-4-3-5-8-22/h3-5,7-8,23,35H,6,9-21H2,1-2H3,(H,31,32)(H,33,34). The first-order valence-electron chi connectivity index (χ1n) is 12.5. The second kappa shape index (κ2) is 15.8. The molecule has 0 saturated carbocycles. The summed E-state index contributed by atoms with van der Waals surface area (Å²) in [5.41, 5.74) is 1.21. The molecule has 1 unspecified atom stereocenters. The monoisotopic (exact) mass is 493 g/mol. The number of rotatable bonds is 11. The van der Waals surface area contributed by atoms with Crippen LogP contribution in [0.4, 0.5) is 0 Å². The smallest absolute Gasteiger partial charge is 0.317 e. The third-order valence-electron chi connectivity index (χ3n) is 6.58. The number of hydrogen-bond acceptors (Lipinski definition) is 8. The number of hydroxylamine groups is 2. The second-order valence-electron chi connectivity index (χ2n) is 9.58. The molecule has 0 spiro atoms. The van der Waals surface area contributed by atoms with Gasteiger partial charge in [-0.2, -0.15) is 5.06 Å². The van der Waals surface area contributed by atoms with Crippen LogP contribution in [0, 0.1) is 0 Å². The van der Waals surface area contributed by atoms with E-state index in [0.29, 0.717) is 32.6 Å². The van der Waals surface area contributed by atoms with Crippen molar-refractivity contribution in [3.05, 3.63) is 35.9 Å². The predicted octanol–water partition coefficient (Wildman–Crippen LogP) is 0.720. The van der Waals surface area contributed by atoms with E-state index in [1.54, 1.807) is 4.90 Å². The Labute approximate surface area is 209 Å². The summed E-state index contributed by atoms with van der Waals surface area (Å²) in [5.74, 6) is -2.06. The Kier molecular flexibility index (Phi) is 13.2. The number of benzene rings is 1. The van der Waals surface area contributed by atoms with Crippen molar-refractivity contribution in [2.45, 2.75) is 25.3 Å². The molecule has 0 radical (unpaired) electrons. The normalized spacial score (nSPS) is 19.2. The summed E-state index contributed by atoms with van der Waals surface area (Å²) >= 11 is 0. The van der Waals surface area contributed by atoms with Crippen LogP contribution in [0.2, 0.25) is 0 Å². The van der Waals surface area contributed by atoms with Gasteiger partial charge in [0, 0.05) is 64.9 Å². The number of aryl methyl sites for hydroxylation is 1. The molecule has 1 aromatic rings. The molecule has 0 aromatic heterocycles. The summed E-state index contributed by atoms with van der Waals surface area (Å²) < 4.78 is 0. The zero-order chi connectivity index (χ0) is 25.6. The molecule has 198 valence electrons. The van der Waals surface area contributed by atoms with Crippen LogP contribution in [0.15, 0.2) is 30.3 Å². The van der Waals surface area contributed by atoms with Gasteiger partial charge in [0.15, 0.2) is 0 Å². The van der Waals surface area contributed by atoms with E-state index in [1.165, 1.54) is 10.6 Å². The van der Waals surface area contributed by atoms with Crippen LogP contribution in [0.25, 0.3) is 0 Å². The highest BCUT2D eigenvalue weighted by atomic mass is 16.5. The Hall–Kier alpha value is -2.08. The fourth-order valence-corrected chi connectivity index (χ4v) is 4.36. The van der Waals surface area contributed by atoms with Crippen LogP contribution >= 0.6 is 0 Å². The largest absolute Gasteiger partial charge is 0.480 e. The molecular weight excluding hydrogens is 450 g/mol. The van der Waals surface area contributed by atoms with Crippen molar-refractivity contribution in [2.75, 3.05) is 86.1 Å². The molecule has 1 aromatic carbocycles. The van der Waals surface area contributed by atoms with Gasteiger partial charge in [-0.3, -0.25) is 19.4 Å². The lowest BCUT2D eigenvalue weighted by Crippen LogP contribution is -2.51. The van der Waals surface area contributed by atoms with E-state index in [4.69, 9.17) is 0 Å². The molecule has 3 N–H and O–H groups in total. The number of carboxylic acids is 2. The lowest BCUT2D eigenvalue weighted by atomic mass is 10.0. The summed E-state index contributed by atoms with van der Waals surface area (Å²) in [6.07, 6.45) is 2.37. The maximum atomic E-state index is 11.6. The number of hydrogen-bond donors (Lipinski definition) is 3. The lowest BCUT2D eigenvalue weighted by molar-refractivity contribution is -0.143. The van der Waals surface area contributed by atoms with Crippen LogP contribution in [0.5, 0.6) is 0 Å². The summed E-state index contributed by atoms with van der Waals surface area (Å²) in [7, 11) is 4.15. The minimum absolute atomic E-state index is 0.220. The van der Waals surface area contributed by atoms with E-state index in [-0.39, 0.29) is 19.1 Å². The summed E-state index contributed by atoms with van der Waals surface area (Å²) in [5, 5.41) is 30.6. The maximum absolute atomic E-state index is 11.6. The van der Waals surface area contributed by atoms with Gasteiger partial charge in [0.05, 0.1) is 13.1 Å². The van der Waals surface area contributed by atoms with Crippen LogP contribution in [-0.2, 0) is 16.0 Å². The molecule has 0 bridgehead atoms. The number of aliphatic carboxylic acids is 2. The molecule has 1 heterocycles. The van der Waals surface area contributed by atoms with E-state index >= 15 is 0 Å². The Bertz CT molecular complexity index is 719. The highest BCUT2D eigenvalue weighted by molar-refractivity contribution is 5.72. The maximum Gasteiger partial charge on any atom is 0.317 e. The van der Waals surface area contributed by atoms with Crippen molar-refractivity contribution in [1.29, 1.82) is 0 Å². The second-order valence-corrected chi connectivity index (χ2v) is 9.58. The van der Waals surface area contributed by atoms with Gasteiger partial charge in [-0.05, 0) is 38.9 Å². The first kappa shape index (κ1) is 29.2. The molecule has 35 heavy (non-hydrogen) atoms. The zero-order valence-corrected chi connectivity index (χ0v) is 21.3. The highest BCUT2D eigenvalue weighted by Gasteiger charge is 2.26. The van der Waals surface area contributed by atoms with Crippen LogP contribution in [0.1, 0.15) is 18.4 Å². The summed E-state index contributed by atoms with van der Waals surface area (Å²) in [4.78, 5) is 31.4. The number of carboxylic acid groups (broad SMARTS) is 2. The molecule has 1 aliphatic rings. The molecule has 0 amide bonds. The molecule has 10 heteroatoms. The van der Waals surface area contributed by atoms with Gasteiger partial charge in [-0.15, -0.1) is 0 Å². The first-order chi connectivity index (χ1) is 16.7. The average molecular weight is 494 g/mol. The molecule has 0 aliphatic carbocycles. The minimum atomic E-state index is -1.03. The van der Waals surface area contributed by atoms with Crippen molar-refractivity contribution in [3.63, 3.8) is 0 Å². The van der Waals surface area contributed by atoms with Gasteiger partial charge < -0.3 is 25.2 Å². The van der Waals surface area contributed by atoms with Crippen molar-refractivity contribution in [1.82, 2.24) is 24.7 Å². The van der Waals surface area contributed by atoms with Gasteiger partial charge in [-0.25, -0.2) is 0 Å². The van der Waals surface area contributed by atoms with Gasteiger partial charge in [-0.1, -0.05) is 30.3 Å². The van der Waals surface area contributed by atoms with E-state index in [1.807, 2.05) is 18.2 Å². The minimum Gasteiger partial charge on any atom is -0.480 e. The van der Waals surface area contributed by atoms with Gasteiger partial charge in [0.2, 0.25) is 0 Å². The van der Waals surface area contributed by atoms with Crippen molar-refractivity contribution < 1.29 is 25.0 Å². The van der Waals surface area contributed by atoms with Crippen molar-refractivity contribution in [3.8, 4) is 0 Å². The number of carbonyl (C=O) groups is 2. The molecule has 1 atom stereocenters. The average Bonchev–Trinajstić information content (AvgIpc) is 2.81. The topological polar surface area (TPSA) is 111 Å². The zero-order valence-electron chi connectivity index (χ0n) is 21.3. The number of nitrogens with zero attached hydrogens (tertiary/aromatic N) is 5. The van der Waals surface area contributed by atoms with Crippen LogP contribution in [-0.4, -0.2) is 144 Å². The van der Waals surface area contributed by atoms with Crippen LogP contribution in [0.3, 0.4) is 0 Å². The Morgan fingerprint density at radius 1 is 0.857 bits per heavy atom. The van der Waals surface area contributed by atoms with Gasteiger partial charge in [0.1, 0.15) is 0 Å². The molecule has 10 nitrogen and oxygen atoms in total. The molecule has 1 aliphatic heterocycles. The van der Waals surface area contributed by atoms with E-state index in [9.17, 15) is 25.0 Å². The number of likely N-dealkylation sites (N-methyl/N-ethyl adjacent to an activating group) is 2. The summed E-state index contributed by atoms with van der Waals surface area (Å²) in [6, 6.07) is 9.90. The van der Waals surface area contributed by atoms with Crippen molar-refractivity contribution in [2.24, 2.45) is 0 Å². The van der Waals surface area contributed by atoms with Gasteiger partial charge in [0.25, 0.3) is 0 Å². The molecule has 1 fully saturated rings. The van der Waals surface area contributed by atoms with E-state index < -0.39 is 11.9 Å². The SMILES string of the molecule is CN1CCN(C)CCN(CC(CCCc2ccccc2)N(CC(=O)O)CC(=O)O)CCN(O)CC1. The fraction of sp³-hybridized carbons (Fsp3) is 0.680. The molecular formula is C25H43N5O5. The van der Waals surface area contributed by atoms with E-state index in [0.717, 1.165) is 45.6 Å². The Balaban J connectivity index is 2.12. The predicted molar refractivity (Wildman–Crippen MR) is 135 cm³/mol. The first-order valence-corrected chi connectivity index (χ1v) is 12.5. The van der Waals surface area contributed by atoms with Gasteiger partial charge >= 0.3 is 11.9 Å². The third-order valence-corrected chi connectivity index (χ3v) is 6.58. The van der Waals surface area contributed by atoms with Crippen LogP contribution < -0.4 is 0 Å². The Morgan fingerprint density at radius 2 is 1.37 bits per heavy atom. The van der Waals surface area contributed by atoms with Crippen molar-refractivity contribution >= 4 is 11.9 Å². The quantitative estimate of drug-likeness (QED) is 0.408. The highest BCUT2D eigenvalue weighted by Crippen LogP contribution is 2.14. The fourth-order valence-electron chi connectivity index (χ4n) is 4.36. The van der Waals surface area contributed by atoms with E-state index in [2.05, 4.69) is 40.9 Å². The third kappa shape index (κ3) is 12.4. The summed E-state index contributed by atoms with van der Waals surface area (Å²) in [6.45, 7) is 5.79. The lowest BCUT2D eigenvalue weighted by Gasteiger charge is -2.36.